The lowest BCUT2D eigenvalue weighted by atomic mass is 10.1. The van der Waals surface area contributed by atoms with Crippen LogP contribution in [0, 0.1) is 0 Å². The number of carbonyl (C=O) groups excluding carboxylic acids is 1. The average molecular weight is 315 g/mol. The third-order valence-corrected chi connectivity index (χ3v) is 3.85. The fourth-order valence-corrected chi connectivity index (χ4v) is 2.65. The molecule has 3 nitrogen and oxygen atoms in total. The van der Waals surface area contributed by atoms with Crippen LogP contribution in [-0.4, -0.2) is 37.1 Å². The van der Waals surface area contributed by atoms with Crippen molar-refractivity contribution >= 4 is 5.91 Å². The second-order valence-electron chi connectivity index (χ2n) is 5.55. The zero-order valence-electron chi connectivity index (χ0n) is 12.5. The lowest BCUT2D eigenvalue weighted by Crippen LogP contribution is -2.30. The summed E-state index contributed by atoms with van der Waals surface area (Å²) < 4.78 is 44.3. The maximum absolute atomic E-state index is 12.9. The van der Waals surface area contributed by atoms with Gasteiger partial charge >= 0.3 is 6.18 Å². The molecular weight excluding hydrogens is 295 g/mol. The van der Waals surface area contributed by atoms with Crippen LogP contribution in [0.15, 0.2) is 24.3 Å². The van der Waals surface area contributed by atoms with Crippen LogP contribution >= 0.6 is 0 Å². The minimum Gasteiger partial charge on any atom is -0.378 e. The highest BCUT2D eigenvalue weighted by atomic mass is 19.4. The van der Waals surface area contributed by atoms with Crippen LogP contribution in [0.5, 0.6) is 0 Å². The third kappa shape index (κ3) is 4.22. The molecule has 1 amide bonds. The van der Waals surface area contributed by atoms with E-state index in [2.05, 4.69) is 0 Å². The van der Waals surface area contributed by atoms with Crippen LogP contribution in [0.25, 0.3) is 0 Å². The highest BCUT2D eigenvalue weighted by Gasteiger charge is 2.35. The quantitative estimate of drug-likeness (QED) is 0.828. The lowest BCUT2D eigenvalue weighted by Gasteiger charge is -2.20. The van der Waals surface area contributed by atoms with E-state index in [9.17, 15) is 18.0 Å². The first-order valence-electron chi connectivity index (χ1n) is 7.43. The molecule has 0 radical (unpaired) electrons. The first-order valence-corrected chi connectivity index (χ1v) is 7.43. The van der Waals surface area contributed by atoms with Gasteiger partial charge in [-0.05, 0) is 37.8 Å². The number of nitrogens with zero attached hydrogens (tertiary/aromatic N) is 1. The van der Waals surface area contributed by atoms with Crippen LogP contribution < -0.4 is 0 Å². The number of carbonyl (C=O) groups is 1. The number of rotatable bonds is 5. The van der Waals surface area contributed by atoms with Crippen molar-refractivity contribution < 1.29 is 22.7 Å². The van der Waals surface area contributed by atoms with Gasteiger partial charge in [-0.1, -0.05) is 12.1 Å². The van der Waals surface area contributed by atoms with Crippen molar-refractivity contribution in [1.82, 2.24) is 4.90 Å². The molecule has 22 heavy (non-hydrogen) atoms. The van der Waals surface area contributed by atoms with Crippen molar-refractivity contribution in [2.24, 2.45) is 0 Å². The Morgan fingerprint density at radius 2 is 2.09 bits per heavy atom. The Balaban J connectivity index is 1.95. The topological polar surface area (TPSA) is 29.5 Å². The van der Waals surface area contributed by atoms with Crippen molar-refractivity contribution in [2.75, 3.05) is 20.2 Å². The number of halogens is 3. The van der Waals surface area contributed by atoms with E-state index in [1.54, 1.807) is 0 Å². The molecule has 0 aliphatic carbocycles. The molecule has 1 aromatic carbocycles. The van der Waals surface area contributed by atoms with Crippen LogP contribution in [0.2, 0.25) is 0 Å². The Bertz CT molecular complexity index is 510. The summed E-state index contributed by atoms with van der Waals surface area (Å²) in [4.78, 5) is 13.6. The molecule has 1 heterocycles. The maximum atomic E-state index is 12.9. The summed E-state index contributed by atoms with van der Waals surface area (Å²) >= 11 is 0. The number of ether oxygens (including phenoxy) is 1. The Morgan fingerprint density at radius 3 is 2.73 bits per heavy atom. The highest BCUT2D eigenvalue weighted by Crippen LogP contribution is 2.32. The fourth-order valence-electron chi connectivity index (χ4n) is 2.65. The molecule has 0 aromatic heterocycles. The summed E-state index contributed by atoms with van der Waals surface area (Å²) in [6, 6.07) is 4.90. The van der Waals surface area contributed by atoms with Gasteiger partial charge in [-0.15, -0.1) is 0 Å². The molecule has 1 aliphatic heterocycles. The standard InChI is InChI=1S/C16H20F3NO2/c1-20(10-4-6-12-7-5-11-22-12)15(21)13-8-2-3-9-14(13)16(17,18)19/h2-3,8-9,12H,4-7,10-11H2,1H3/t12-/m1/s1. The van der Waals surface area contributed by atoms with Crippen molar-refractivity contribution in [3.05, 3.63) is 35.4 Å². The van der Waals surface area contributed by atoms with Crippen LogP contribution in [0.3, 0.4) is 0 Å². The van der Waals surface area contributed by atoms with Crippen molar-refractivity contribution in [1.29, 1.82) is 0 Å². The number of hydrogen-bond acceptors (Lipinski definition) is 2. The van der Waals surface area contributed by atoms with E-state index in [1.165, 1.54) is 30.1 Å². The van der Waals surface area contributed by atoms with E-state index in [-0.39, 0.29) is 11.7 Å². The number of alkyl halides is 3. The smallest absolute Gasteiger partial charge is 0.378 e. The summed E-state index contributed by atoms with van der Waals surface area (Å²) in [5.41, 5.74) is -1.18. The molecule has 1 aliphatic rings. The van der Waals surface area contributed by atoms with E-state index in [4.69, 9.17) is 4.74 Å². The first kappa shape index (κ1) is 16.8. The molecule has 1 fully saturated rings. The second-order valence-corrected chi connectivity index (χ2v) is 5.55. The van der Waals surface area contributed by atoms with Crippen molar-refractivity contribution in [2.45, 2.75) is 38.0 Å². The largest absolute Gasteiger partial charge is 0.417 e. The summed E-state index contributed by atoms with van der Waals surface area (Å²) in [7, 11) is 1.53. The molecule has 0 spiro atoms. The molecule has 6 heteroatoms. The van der Waals surface area contributed by atoms with Crippen molar-refractivity contribution in [3.8, 4) is 0 Å². The van der Waals surface area contributed by atoms with Gasteiger partial charge in [0.15, 0.2) is 0 Å². The first-order chi connectivity index (χ1) is 10.4. The molecule has 2 rings (SSSR count). The van der Waals surface area contributed by atoms with Gasteiger partial charge in [0.2, 0.25) is 0 Å². The Morgan fingerprint density at radius 1 is 1.36 bits per heavy atom. The van der Waals surface area contributed by atoms with Gasteiger partial charge in [-0.2, -0.15) is 13.2 Å². The van der Waals surface area contributed by atoms with E-state index in [0.717, 1.165) is 38.4 Å². The summed E-state index contributed by atoms with van der Waals surface area (Å²) in [6.45, 7) is 1.20. The Kier molecular flexibility index (Phi) is 5.45. The van der Waals surface area contributed by atoms with Crippen molar-refractivity contribution in [3.63, 3.8) is 0 Å². The van der Waals surface area contributed by atoms with Crippen LogP contribution in [0.4, 0.5) is 13.2 Å². The monoisotopic (exact) mass is 315 g/mol. The lowest BCUT2D eigenvalue weighted by molar-refractivity contribution is -0.138. The van der Waals surface area contributed by atoms with Gasteiger partial charge < -0.3 is 9.64 Å². The molecule has 1 aromatic rings. The molecule has 0 saturated carbocycles. The van der Waals surface area contributed by atoms with Gasteiger partial charge in [0.05, 0.1) is 17.2 Å². The summed E-state index contributed by atoms with van der Waals surface area (Å²) in [5, 5.41) is 0. The van der Waals surface area contributed by atoms with Gasteiger partial charge in [-0.3, -0.25) is 4.79 Å². The average Bonchev–Trinajstić information content (AvgIpc) is 2.98. The molecule has 0 N–H and O–H groups in total. The number of hydrogen-bond donors (Lipinski definition) is 0. The fraction of sp³-hybridized carbons (Fsp3) is 0.562. The summed E-state index contributed by atoms with van der Waals surface area (Å²) in [5.74, 6) is -0.597. The predicted molar refractivity (Wildman–Crippen MR) is 76.6 cm³/mol. The number of benzene rings is 1. The van der Waals surface area contributed by atoms with E-state index in [0.29, 0.717) is 6.54 Å². The normalized spacial score (nSPS) is 18.5. The number of amides is 1. The molecular formula is C16H20F3NO2. The Hall–Kier alpha value is -1.56. The molecule has 122 valence electrons. The minimum atomic E-state index is -4.52. The molecule has 0 unspecified atom stereocenters. The highest BCUT2D eigenvalue weighted by molar-refractivity contribution is 5.95. The van der Waals surface area contributed by atoms with Gasteiger partial charge in [-0.25, -0.2) is 0 Å². The molecule has 1 atom stereocenters. The van der Waals surface area contributed by atoms with Gasteiger partial charge in [0, 0.05) is 20.2 Å². The molecule has 1 saturated heterocycles. The second kappa shape index (κ2) is 7.13. The summed E-state index contributed by atoms with van der Waals surface area (Å²) in [6.07, 6.45) is -0.664. The Labute approximate surface area is 128 Å². The van der Waals surface area contributed by atoms with Gasteiger partial charge in [0.25, 0.3) is 5.91 Å². The van der Waals surface area contributed by atoms with Crippen LogP contribution in [0.1, 0.15) is 41.6 Å². The maximum Gasteiger partial charge on any atom is 0.417 e. The van der Waals surface area contributed by atoms with E-state index >= 15 is 0 Å². The minimum absolute atomic E-state index is 0.228. The van der Waals surface area contributed by atoms with Gasteiger partial charge in [0.1, 0.15) is 0 Å². The zero-order chi connectivity index (χ0) is 16.2. The van der Waals surface area contributed by atoms with Crippen LogP contribution in [-0.2, 0) is 10.9 Å². The third-order valence-electron chi connectivity index (χ3n) is 3.85. The molecule has 0 bridgehead atoms. The zero-order valence-corrected chi connectivity index (χ0v) is 12.5. The predicted octanol–water partition coefficient (Wildman–Crippen LogP) is 3.74. The van der Waals surface area contributed by atoms with E-state index < -0.39 is 17.6 Å². The SMILES string of the molecule is CN(CCC[C@@H]1CCCO1)C(=O)c1ccccc1C(F)(F)F. The van der Waals surface area contributed by atoms with E-state index in [1.807, 2.05) is 0 Å².